The highest BCUT2D eigenvalue weighted by molar-refractivity contribution is 5.81. The van der Waals surface area contributed by atoms with Crippen LogP contribution in [0.15, 0.2) is 24.3 Å². The molecule has 1 saturated carbocycles. The molecule has 2 aliphatic rings. The van der Waals surface area contributed by atoms with E-state index in [1.54, 1.807) is 0 Å². The maximum Gasteiger partial charge on any atom is 0.237 e. The fourth-order valence-corrected chi connectivity index (χ4v) is 3.44. The van der Waals surface area contributed by atoms with E-state index in [4.69, 9.17) is 0 Å². The summed E-state index contributed by atoms with van der Waals surface area (Å²) in [6.07, 6.45) is 5.56. The van der Waals surface area contributed by atoms with Gasteiger partial charge in [-0.3, -0.25) is 4.79 Å². The highest BCUT2D eigenvalue weighted by Crippen LogP contribution is 2.38. The molecule has 3 rings (SSSR count). The molecule has 108 valence electrons. The molecule has 2 fully saturated rings. The van der Waals surface area contributed by atoms with E-state index in [0.29, 0.717) is 12.0 Å². The number of benzene rings is 1. The number of rotatable bonds is 3. The monoisotopic (exact) mass is 272 g/mol. The van der Waals surface area contributed by atoms with Gasteiger partial charge in [-0.15, -0.1) is 0 Å². The second-order valence-electron chi connectivity index (χ2n) is 6.23. The van der Waals surface area contributed by atoms with Crippen LogP contribution in [0, 0.1) is 6.92 Å². The van der Waals surface area contributed by atoms with E-state index in [-0.39, 0.29) is 11.9 Å². The van der Waals surface area contributed by atoms with Crippen LogP contribution in [0.2, 0.25) is 0 Å². The van der Waals surface area contributed by atoms with Gasteiger partial charge in [0.2, 0.25) is 5.91 Å². The van der Waals surface area contributed by atoms with Crippen LogP contribution in [-0.4, -0.2) is 24.5 Å². The van der Waals surface area contributed by atoms with Crippen LogP contribution >= 0.6 is 0 Å². The van der Waals surface area contributed by atoms with E-state index in [9.17, 15) is 4.79 Å². The summed E-state index contributed by atoms with van der Waals surface area (Å²) in [7, 11) is 0. The molecular formula is C17H24N2O. The van der Waals surface area contributed by atoms with Crippen molar-refractivity contribution in [2.45, 2.75) is 57.0 Å². The third-order valence-corrected chi connectivity index (χ3v) is 4.74. The van der Waals surface area contributed by atoms with Crippen molar-refractivity contribution >= 4 is 5.91 Å². The van der Waals surface area contributed by atoms with E-state index >= 15 is 0 Å². The van der Waals surface area contributed by atoms with E-state index in [0.717, 1.165) is 38.6 Å². The van der Waals surface area contributed by atoms with E-state index in [1.807, 2.05) is 0 Å². The van der Waals surface area contributed by atoms with Gasteiger partial charge in [0.05, 0.1) is 6.04 Å². The van der Waals surface area contributed by atoms with Gasteiger partial charge in [0.1, 0.15) is 0 Å². The SMILES string of the molecule is Cc1ccccc1C1CC(NC2CCCCNC2=O)C1. The number of hydrogen-bond acceptors (Lipinski definition) is 2. The summed E-state index contributed by atoms with van der Waals surface area (Å²) in [4.78, 5) is 11.9. The highest BCUT2D eigenvalue weighted by atomic mass is 16.2. The standard InChI is InChI=1S/C17H24N2O/c1-12-6-2-3-7-15(12)13-10-14(11-13)19-16-8-4-5-9-18-17(16)20/h2-3,6-7,13-14,16,19H,4-5,8-11H2,1H3,(H,18,20). The van der Waals surface area contributed by atoms with Gasteiger partial charge in [0, 0.05) is 12.6 Å². The van der Waals surface area contributed by atoms with Crippen molar-refractivity contribution in [1.29, 1.82) is 0 Å². The Morgan fingerprint density at radius 3 is 2.80 bits per heavy atom. The summed E-state index contributed by atoms with van der Waals surface area (Å²) in [5.41, 5.74) is 2.87. The molecule has 1 saturated heterocycles. The topological polar surface area (TPSA) is 41.1 Å². The average molecular weight is 272 g/mol. The molecule has 1 aromatic rings. The first-order valence-corrected chi connectivity index (χ1v) is 7.83. The molecule has 20 heavy (non-hydrogen) atoms. The molecule has 0 spiro atoms. The largest absolute Gasteiger partial charge is 0.355 e. The summed E-state index contributed by atoms with van der Waals surface area (Å²) < 4.78 is 0. The fourth-order valence-electron chi connectivity index (χ4n) is 3.44. The third kappa shape index (κ3) is 2.88. The molecule has 3 nitrogen and oxygen atoms in total. The molecule has 1 aliphatic heterocycles. The lowest BCUT2D eigenvalue weighted by Gasteiger charge is -2.39. The normalized spacial score (nSPS) is 30.2. The Morgan fingerprint density at radius 1 is 1.20 bits per heavy atom. The number of nitrogens with one attached hydrogen (secondary N) is 2. The third-order valence-electron chi connectivity index (χ3n) is 4.74. The Hall–Kier alpha value is -1.35. The second kappa shape index (κ2) is 5.96. The average Bonchev–Trinajstić information content (AvgIpc) is 2.60. The van der Waals surface area contributed by atoms with Crippen LogP contribution < -0.4 is 10.6 Å². The molecule has 0 radical (unpaired) electrons. The number of carbonyl (C=O) groups excluding carboxylic acids is 1. The Morgan fingerprint density at radius 2 is 2.00 bits per heavy atom. The lowest BCUT2D eigenvalue weighted by Crippen LogP contribution is -2.51. The Kier molecular flexibility index (Phi) is 4.06. The first-order chi connectivity index (χ1) is 9.74. The van der Waals surface area contributed by atoms with Crippen molar-refractivity contribution in [2.75, 3.05) is 6.54 Å². The number of hydrogen-bond donors (Lipinski definition) is 2. The van der Waals surface area contributed by atoms with Crippen LogP contribution in [0.4, 0.5) is 0 Å². The first-order valence-electron chi connectivity index (χ1n) is 7.83. The second-order valence-corrected chi connectivity index (χ2v) is 6.23. The smallest absolute Gasteiger partial charge is 0.237 e. The first kappa shape index (κ1) is 13.6. The maximum atomic E-state index is 11.9. The molecule has 2 N–H and O–H groups in total. The van der Waals surface area contributed by atoms with Crippen LogP contribution in [0.25, 0.3) is 0 Å². The van der Waals surface area contributed by atoms with Gasteiger partial charge in [0.25, 0.3) is 0 Å². The van der Waals surface area contributed by atoms with Crippen molar-refractivity contribution in [2.24, 2.45) is 0 Å². The minimum atomic E-state index is 0.0281. The molecule has 1 amide bonds. The van der Waals surface area contributed by atoms with Gasteiger partial charge >= 0.3 is 0 Å². The van der Waals surface area contributed by atoms with Gasteiger partial charge in [-0.1, -0.05) is 24.3 Å². The van der Waals surface area contributed by atoms with Crippen molar-refractivity contribution in [3.05, 3.63) is 35.4 Å². The van der Waals surface area contributed by atoms with Crippen molar-refractivity contribution in [3.8, 4) is 0 Å². The Balaban J connectivity index is 1.53. The van der Waals surface area contributed by atoms with Crippen molar-refractivity contribution in [3.63, 3.8) is 0 Å². The summed E-state index contributed by atoms with van der Waals surface area (Å²) in [6.45, 7) is 3.03. The molecule has 1 aromatic carbocycles. The van der Waals surface area contributed by atoms with E-state index in [2.05, 4.69) is 41.8 Å². The minimum absolute atomic E-state index is 0.0281. The maximum absolute atomic E-state index is 11.9. The Labute approximate surface area is 121 Å². The summed E-state index contributed by atoms with van der Waals surface area (Å²) in [5, 5.41) is 6.55. The molecule has 1 aliphatic carbocycles. The lowest BCUT2D eigenvalue weighted by atomic mass is 9.74. The quantitative estimate of drug-likeness (QED) is 0.887. The predicted octanol–water partition coefficient (Wildman–Crippen LogP) is 2.50. The van der Waals surface area contributed by atoms with Crippen LogP contribution in [0.1, 0.15) is 49.1 Å². The van der Waals surface area contributed by atoms with Gasteiger partial charge in [-0.2, -0.15) is 0 Å². The minimum Gasteiger partial charge on any atom is -0.355 e. The van der Waals surface area contributed by atoms with E-state index in [1.165, 1.54) is 11.1 Å². The van der Waals surface area contributed by atoms with Crippen LogP contribution in [0.5, 0.6) is 0 Å². The summed E-state index contributed by atoms with van der Waals surface area (Å²) in [6, 6.07) is 9.20. The molecular weight excluding hydrogens is 248 g/mol. The molecule has 3 heteroatoms. The number of carbonyl (C=O) groups is 1. The number of aryl methyl sites for hydroxylation is 1. The van der Waals surface area contributed by atoms with Gasteiger partial charge in [0.15, 0.2) is 0 Å². The van der Waals surface area contributed by atoms with Gasteiger partial charge in [-0.05, 0) is 56.1 Å². The van der Waals surface area contributed by atoms with Crippen molar-refractivity contribution < 1.29 is 4.79 Å². The zero-order valence-electron chi connectivity index (χ0n) is 12.2. The number of amides is 1. The van der Waals surface area contributed by atoms with Crippen molar-refractivity contribution in [1.82, 2.24) is 10.6 Å². The molecule has 1 heterocycles. The summed E-state index contributed by atoms with van der Waals surface area (Å²) in [5.74, 6) is 0.865. The van der Waals surface area contributed by atoms with Crippen LogP contribution in [-0.2, 0) is 4.79 Å². The van der Waals surface area contributed by atoms with Gasteiger partial charge in [-0.25, -0.2) is 0 Å². The predicted molar refractivity (Wildman–Crippen MR) is 80.7 cm³/mol. The zero-order chi connectivity index (χ0) is 13.9. The molecule has 1 unspecified atom stereocenters. The molecule has 0 aromatic heterocycles. The highest BCUT2D eigenvalue weighted by Gasteiger charge is 2.34. The van der Waals surface area contributed by atoms with E-state index < -0.39 is 0 Å². The molecule has 1 atom stereocenters. The lowest BCUT2D eigenvalue weighted by molar-refractivity contribution is -0.123. The Bertz CT molecular complexity index is 480. The summed E-state index contributed by atoms with van der Waals surface area (Å²) >= 11 is 0. The van der Waals surface area contributed by atoms with Gasteiger partial charge < -0.3 is 10.6 Å². The zero-order valence-corrected chi connectivity index (χ0v) is 12.2. The molecule has 0 bridgehead atoms. The fraction of sp³-hybridized carbons (Fsp3) is 0.588. The van der Waals surface area contributed by atoms with Crippen LogP contribution in [0.3, 0.4) is 0 Å².